The van der Waals surface area contributed by atoms with Crippen LogP contribution in [0.15, 0.2) is 61.1 Å². The molecule has 0 aliphatic carbocycles. The van der Waals surface area contributed by atoms with Crippen molar-refractivity contribution in [3.63, 3.8) is 0 Å². The predicted octanol–water partition coefficient (Wildman–Crippen LogP) is 4.58. The highest BCUT2D eigenvalue weighted by atomic mass is 35.5. The Morgan fingerprint density at radius 2 is 1.88 bits per heavy atom. The van der Waals surface area contributed by atoms with Gasteiger partial charge in [-0.05, 0) is 41.8 Å². The van der Waals surface area contributed by atoms with Crippen molar-refractivity contribution < 1.29 is 0 Å². The number of hydrogen-bond donors (Lipinski definition) is 0. The molecule has 0 bridgehead atoms. The normalized spacial score (nSPS) is 10.6. The molecule has 4 nitrogen and oxygen atoms in total. The first-order chi connectivity index (χ1) is 11.7. The lowest BCUT2D eigenvalue weighted by Crippen LogP contribution is -2.04. The van der Waals surface area contributed by atoms with Gasteiger partial charge in [0.2, 0.25) is 0 Å². The third-order valence-electron chi connectivity index (χ3n) is 4.39. The number of hydrogen-bond acceptors (Lipinski definition) is 3. The van der Waals surface area contributed by atoms with E-state index in [0.29, 0.717) is 6.54 Å². The van der Waals surface area contributed by atoms with E-state index in [-0.39, 0.29) is 12.4 Å². The van der Waals surface area contributed by atoms with Gasteiger partial charge in [-0.15, -0.1) is 12.4 Å². The second-order valence-corrected chi connectivity index (χ2v) is 6.02. The number of fused-ring (bicyclic) bond motifs is 1. The summed E-state index contributed by atoms with van der Waals surface area (Å²) < 4.78 is 2.07. The maximum Gasteiger partial charge on any atom is 0.105 e. The van der Waals surface area contributed by atoms with Gasteiger partial charge in [-0.25, -0.2) is 4.98 Å². The monoisotopic (exact) mass is 350 g/mol. The van der Waals surface area contributed by atoms with Crippen LogP contribution in [-0.2, 0) is 6.54 Å². The fraction of sp³-hybridized carbons (Fsp3) is 0.150. The molecule has 0 saturated heterocycles. The lowest BCUT2D eigenvalue weighted by atomic mass is 9.95. The minimum absolute atomic E-state index is 0. The molecule has 2 aromatic heterocycles. The summed E-state index contributed by atoms with van der Waals surface area (Å²) in [5.41, 5.74) is 4.51. The number of aryl methyl sites for hydroxylation is 2. The van der Waals surface area contributed by atoms with Crippen LogP contribution in [-0.4, -0.2) is 19.7 Å². The molecule has 4 aromatic rings. The summed E-state index contributed by atoms with van der Waals surface area (Å²) in [6.45, 7) is 4.81. The van der Waals surface area contributed by atoms with Crippen LogP contribution in [0.1, 0.15) is 17.1 Å². The van der Waals surface area contributed by atoms with Gasteiger partial charge in [-0.3, -0.25) is 0 Å². The third kappa shape index (κ3) is 3.26. The Morgan fingerprint density at radius 3 is 2.68 bits per heavy atom. The minimum Gasteiger partial charge on any atom is -0.329 e. The number of imidazole rings is 1. The first kappa shape index (κ1) is 17.1. The van der Waals surface area contributed by atoms with Crippen LogP contribution in [0.25, 0.3) is 21.9 Å². The summed E-state index contributed by atoms with van der Waals surface area (Å²) in [4.78, 5) is 4.26. The highest BCUT2D eigenvalue weighted by molar-refractivity contribution is 5.98. The maximum absolute atomic E-state index is 4.29. The van der Waals surface area contributed by atoms with Crippen LogP contribution < -0.4 is 0 Å². The zero-order chi connectivity index (χ0) is 16.5. The molecule has 0 radical (unpaired) electrons. The Bertz CT molecular complexity index is 1020. The number of rotatable bonds is 3. The lowest BCUT2D eigenvalue weighted by Gasteiger charge is -2.11. The minimum atomic E-state index is 0. The van der Waals surface area contributed by atoms with Crippen molar-refractivity contribution in [1.82, 2.24) is 19.7 Å². The number of benzene rings is 2. The molecular weight excluding hydrogens is 332 g/mol. The van der Waals surface area contributed by atoms with E-state index in [9.17, 15) is 0 Å². The summed E-state index contributed by atoms with van der Waals surface area (Å²) >= 11 is 0. The molecular formula is C20H19ClN4. The van der Waals surface area contributed by atoms with Crippen molar-refractivity contribution >= 4 is 23.2 Å². The number of nitrogens with zero attached hydrogens (tertiary/aromatic N) is 4. The van der Waals surface area contributed by atoms with Gasteiger partial charge in [-0.1, -0.05) is 36.4 Å². The van der Waals surface area contributed by atoms with Gasteiger partial charge < -0.3 is 4.57 Å². The topological polar surface area (TPSA) is 43.6 Å². The van der Waals surface area contributed by atoms with Crippen LogP contribution in [0, 0.1) is 13.8 Å². The molecule has 25 heavy (non-hydrogen) atoms. The Labute approximate surface area is 153 Å². The molecule has 0 saturated carbocycles. The first-order valence-electron chi connectivity index (χ1n) is 8.00. The summed E-state index contributed by atoms with van der Waals surface area (Å²) in [6, 6.07) is 14.9. The van der Waals surface area contributed by atoms with Gasteiger partial charge >= 0.3 is 0 Å². The van der Waals surface area contributed by atoms with Crippen LogP contribution in [0.4, 0.5) is 0 Å². The molecule has 0 amide bonds. The fourth-order valence-electron chi connectivity index (χ4n) is 3.13. The van der Waals surface area contributed by atoms with Crippen LogP contribution in [0.5, 0.6) is 0 Å². The molecule has 0 N–H and O–H groups in total. The van der Waals surface area contributed by atoms with Crippen LogP contribution in [0.2, 0.25) is 0 Å². The van der Waals surface area contributed by atoms with Crippen molar-refractivity contribution in [3.8, 4) is 11.1 Å². The molecule has 2 heterocycles. The molecule has 0 fully saturated rings. The molecule has 0 aliphatic rings. The average molecular weight is 351 g/mol. The van der Waals surface area contributed by atoms with Crippen LogP contribution in [0.3, 0.4) is 0 Å². The Morgan fingerprint density at radius 1 is 1.04 bits per heavy atom. The fourth-order valence-corrected chi connectivity index (χ4v) is 3.13. The molecule has 0 spiro atoms. The first-order valence-corrected chi connectivity index (χ1v) is 8.00. The highest BCUT2D eigenvalue weighted by Gasteiger charge is 2.10. The molecule has 0 atom stereocenters. The van der Waals surface area contributed by atoms with E-state index >= 15 is 0 Å². The molecule has 4 rings (SSSR count). The second kappa shape index (κ2) is 7.03. The highest BCUT2D eigenvalue weighted by Crippen LogP contribution is 2.31. The van der Waals surface area contributed by atoms with E-state index in [2.05, 4.69) is 69.1 Å². The maximum atomic E-state index is 4.29. The predicted molar refractivity (Wildman–Crippen MR) is 103 cm³/mol. The van der Waals surface area contributed by atoms with E-state index in [1.807, 2.05) is 25.5 Å². The molecule has 0 aliphatic heterocycles. The van der Waals surface area contributed by atoms with E-state index in [4.69, 9.17) is 0 Å². The van der Waals surface area contributed by atoms with Crippen molar-refractivity contribution in [2.24, 2.45) is 0 Å². The SMILES string of the molecule is Cc1ccc2ccccc2c1-c1cnnc(Cn2ccnc2C)c1.Cl. The Hall–Kier alpha value is -2.72. The number of halogens is 1. The standard InChI is InChI=1S/C20H18N4.ClH/c1-14-7-8-16-5-3-4-6-19(16)20(14)17-11-18(23-22-12-17)13-24-10-9-21-15(24)2;/h3-12H,13H2,1-2H3;1H. The van der Waals surface area contributed by atoms with Crippen molar-refractivity contribution in [3.05, 3.63) is 78.1 Å². The summed E-state index contributed by atoms with van der Waals surface area (Å²) in [5.74, 6) is 0.976. The number of aromatic nitrogens is 4. The summed E-state index contributed by atoms with van der Waals surface area (Å²) in [7, 11) is 0. The zero-order valence-corrected chi connectivity index (χ0v) is 15.0. The summed E-state index contributed by atoms with van der Waals surface area (Å²) in [6.07, 6.45) is 5.62. The van der Waals surface area contributed by atoms with E-state index < -0.39 is 0 Å². The average Bonchev–Trinajstić information content (AvgIpc) is 3.00. The van der Waals surface area contributed by atoms with Crippen molar-refractivity contribution in [1.29, 1.82) is 0 Å². The van der Waals surface area contributed by atoms with Crippen molar-refractivity contribution in [2.45, 2.75) is 20.4 Å². The Kier molecular flexibility index (Phi) is 4.81. The van der Waals surface area contributed by atoms with E-state index in [1.54, 1.807) is 0 Å². The smallest absolute Gasteiger partial charge is 0.105 e. The van der Waals surface area contributed by atoms with Gasteiger partial charge in [0.1, 0.15) is 5.82 Å². The van der Waals surface area contributed by atoms with Gasteiger partial charge in [0.15, 0.2) is 0 Å². The van der Waals surface area contributed by atoms with E-state index in [0.717, 1.165) is 17.1 Å². The zero-order valence-electron chi connectivity index (χ0n) is 14.2. The van der Waals surface area contributed by atoms with Gasteiger partial charge in [0.25, 0.3) is 0 Å². The third-order valence-corrected chi connectivity index (χ3v) is 4.39. The lowest BCUT2D eigenvalue weighted by molar-refractivity contribution is 0.727. The molecule has 0 unspecified atom stereocenters. The summed E-state index contributed by atoms with van der Waals surface area (Å²) in [5, 5.41) is 11.0. The van der Waals surface area contributed by atoms with Crippen LogP contribution >= 0.6 is 12.4 Å². The largest absolute Gasteiger partial charge is 0.329 e. The van der Waals surface area contributed by atoms with Gasteiger partial charge in [0, 0.05) is 18.0 Å². The second-order valence-electron chi connectivity index (χ2n) is 6.02. The Balaban J connectivity index is 0.00000182. The van der Waals surface area contributed by atoms with Crippen molar-refractivity contribution in [2.75, 3.05) is 0 Å². The van der Waals surface area contributed by atoms with Gasteiger partial charge in [-0.2, -0.15) is 10.2 Å². The van der Waals surface area contributed by atoms with Gasteiger partial charge in [0.05, 0.1) is 18.4 Å². The molecule has 2 aromatic carbocycles. The quantitative estimate of drug-likeness (QED) is 0.543. The molecule has 5 heteroatoms. The molecule has 126 valence electrons. The van der Waals surface area contributed by atoms with E-state index in [1.165, 1.54) is 21.9 Å².